The Morgan fingerprint density at radius 1 is 0.727 bits per heavy atom. The maximum absolute atomic E-state index is 5.86. The average molecular weight is 347 g/mol. The zero-order valence-corrected chi connectivity index (χ0v) is 13.4. The van der Waals surface area contributed by atoms with Gasteiger partial charge in [-0.1, -0.05) is 0 Å². The van der Waals surface area contributed by atoms with Crippen LogP contribution in [0.3, 0.4) is 0 Å². The summed E-state index contributed by atoms with van der Waals surface area (Å²) in [5.74, 6) is 0. The van der Waals surface area contributed by atoms with E-state index in [1.165, 1.54) is 0 Å². The lowest BCUT2D eigenvalue weighted by molar-refractivity contribution is 2.29. The normalized spacial score (nSPS) is 15.3. The van der Waals surface area contributed by atoms with E-state index in [-0.39, 0.29) is 0 Å². The van der Waals surface area contributed by atoms with Gasteiger partial charge in [-0.15, -0.1) is 77.6 Å². The van der Waals surface area contributed by atoms with Crippen LogP contribution < -0.4 is 0 Å². The molecule has 0 saturated heterocycles. The van der Waals surface area contributed by atoms with Crippen molar-refractivity contribution in [3.05, 3.63) is 0 Å². The molecule has 0 rings (SSSR count). The Labute approximate surface area is 101 Å². The van der Waals surface area contributed by atoms with Gasteiger partial charge in [0.2, 0.25) is 0 Å². The summed E-state index contributed by atoms with van der Waals surface area (Å²) in [6.07, 6.45) is -2.74. The highest BCUT2D eigenvalue weighted by molar-refractivity contribution is 8.20. The first-order valence-electron chi connectivity index (χ1n) is 2.32. The predicted octanol–water partition coefficient (Wildman–Crippen LogP) is 4.27. The van der Waals surface area contributed by atoms with Crippen molar-refractivity contribution >= 4 is 95.0 Å². The van der Waals surface area contributed by atoms with Crippen molar-refractivity contribution in [3.8, 4) is 0 Å². The number of rotatable bonds is 2. The van der Waals surface area contributed by atoms with Crippen LogP contribution in [-0.4, -0.2) is 17.5 Å². The molecule has 0 heterocycles. The fourth-order valence-corrected chi connectivity index (χ4v) is 37.5. The van der Waals surface area contributed by atoms with E-state index < -0.39 is 17.5 Å². The second-order valence-electron chi connectivity index (χ2n) is 1.96. The van der Waals surface area contributed by atoms with Gasteiger partial charge in [0.15, 0.2) is 0 Å². The van der Waals surface area contributed by atoms with Gasteiger partial charge < -0.3 is 0 Å². The van der Waals surface area contributed by atoms with Gasteiger partial charge in [0, 0.05) is 0 Å². The molecule has 0 aromatic rings. The number of hydrogen-bond donors (Lipinski definition) is 0. The fourth-order valence-electron chi connectivity index (χ4n) is 0.249. The highest BCUT2D eigenvalue weighted by Gasteiger charge is 2.65. The molecular formula is CH3Cl7Si3. The Morgan fingerprint density at radius 3 is 1.00 bits per heavy atom. The molecular weight excluding hydrogens is 344 g/mol. The van der Waals surface area contributed by atoms with Crippen molar-refractivity contribution in [2.75, 3.05) is 0 Å². The van der Waals surface area contributed by atoms with E-state index in [1.807, 2.05) is 0 Å². The van der Waals surface area contributed by atoms with Crippen LogP contribution in [-0.2, 0) is 0 Å². The zero-order valence-electron chi connectivity index (χ0n) is 5.15. The van der Waals surface area contributed by atoms with Crippen molar-refractivity contribution in [2.24, 2.45) is 0 Å². The minimum Gasteiger partial charge on any atom is -0.147 e. The highest BCUT2D eigenvalue weighted by atomic mass is 35.9. The molecule has 0 nitrogen and oxygen atoms in total. The van der Waals surface area contributed by atoms with E-state index in [2.05, 4.69) is 0 Å². The van der Waals surface area contributed by atoms with Gasteiger partial charge in [0.25, 0.3) is 6.21 Å². The van der Waals surface area contributed by atoms with Crippen LogP contribution in [0.2, 0.25) is 6.55 Å². The number of hydrogen-bond acceptors (Lipinski definition) is 0. The first-order valence-corrected chi connectivity index (χ1v) is 17.9. The molecule has 0 bridgehead atoms. The highest BCUT2D eigenvalue weighted by Crippen LogP contribution is 2.46. The molecule has 0 amide bonds. The van der Waals surface area contributed by atoms with Crippen LogP contribution in [0.1, 0.15) is 0 Å². The van der Waals surface area contributed by atoms with Gasteiger partial charge in [-0.3, -0.25) is 0 Å². The summed E-state index contributed by atoms with van der Waals surface area (Å²) in [6, 6.07) is 0. The van der Waals surface area contributed by atoms with Gasteiger partial charge in [-0.2, -0.15) is 0 Å². The molecule has 68 valence electrons. The summed E-state index contributed by atoms with van der Waals surface area (Å²) in [6.45, 7) is 1.57. The van der Waals surface area contributed by atoms with Crippen LogP contribution in [0.25, 0.3) is 0 Å². The second-order valence-corrected chi connectivity index (χ2v) is 41.6. The minimum absolute atomic E-state index is 1.57. The van der Waals surface area contributed by atoms with Gasteiger partial charge in [0.1, 0.15) is 0 Å². The van der Waals surface area contributed by atoms with Crippen molar-refractivity contribution in [1.29, 1.82) is 0 Å². The molecule has 0 N–H and O–H groups in total. The first kappa shape index (κ1) is 13.7. The van der Waals surface area contributed by atoms with Gasteiger partial charge in [-0.25, -0.2) is 0 Å². The molecule has 0 aromatic heterocycles. The van der Waals surface area contributed by atoms with E-state index in [4.69, 9.17) is 77.6 Å². The third-order valence-corrected chi connectivity index (χ3v) is 56.5. The largest absolute Gasteiger partial charge is 0.358 e. The van der Waals surface area contributed by atoms with E-state index >= 15 is 0 Å². The Balaban J connectivity index is 4.75. The van der Waals surface area contributed by atoms with E-state index in [1.54, 1.807) is 6.55 Å². The summed E-state index contributed by atoms with van der Waals surface area (Å²) < 4.78 is 0. The molecule has 0 saturated carbocycles. The van der Waals surface area contributed by atoms with Gasteiger partial charge >= 0.3 is 11.2 Å². The minimum atomic E-state index is -3.14. The molecule has 0 aliphatic rings. The maximum Gasteiger partial charge on any atom is 0.358 e. The quantitative estimate of drug-likeness (QED) is 0.517. The van der Waals surface area contributed by atoms with Crippen LogP contribution >= 0.6 is 77.6 Å². The van der Waals surface area contributed by atoms with Crippen LogP contribution in [0.15, 0.2) is 0 Å². The molecule has 0 fully saturated rings. The predicted molar refractivity (Wildman–Crippen MR) is 64.1 cm³/mol. The summed E-state index contributed by atoms with van der Waals surface area (Å²) in [5.41, 5.74) is -6.19. The molecule has 10 heteroatoms. The third kappa shape index (κ3) is 3.38. The smallest absolute Gasteiger partial charge is 0.147 e. The molecule has 0 aliphatic carbocycles. The lowest BCUT2D eigenvalue weighted by Crippen LogP contribution is -2.58. The monoisotopic (exact) mass is 344 g/mol. The fraction of sp³-hybridized carbons (Fsp3) is 1.00. The molecule has 0 aliphatic heterocycles. The van der Waals surface area contributed by atoms with E-state index in [0.29, 0.717) is 0 Å². The van der Waals surface area contributed by atoms with Gasteiger partial charge in [0.05, 0.1) is 0 Å². The average Bonchev–Trinajstić information content (AvgIpc) is 1.58. The van der Waals surface area contributed by atoms with Crippen molar-refractivity contribution in [2.45, 2.75) is 6.55 Å². The second kappa shape index (κ2) is 4.05. The van der Waals surface area contributed by atoms with Crippen LogP contribution in [0.4, 0.5) is 0 Å². The van der Waals surface area contributed by atoms with Crippen LogP contribution in [0, 0.1) is 0 Å². The molecule has 0 radical (unpaired) electrons. The van der Waals surface area contributed by atoms with Crippen LogP contribution in [0.5, 0.6) is 0 Å². The summed E-state index contributed by atoms with van der Waals surface area (Å²) in [4.78, 5) is 0. The summed E-state index contributed by atoms with van der Waals surface area (Å²) in [7, 11) is 0. The molecule has 11 heavy (non-hydrogen) atoms. The van der Waals surface area contributed by atoms with Crippen molar-refractivity contribution < 1.29 is 0 Å². The van der Waals surface area contributed by atoms with E-state index in [0.717, 1.165) is 0 Å². The Morgan fingerprint density at radius 2 is 1.00 bits per heavy atom. The number of halogens is 7. The zero-order chi connectivity index (χ0) is 9.50. The third-order valence-electron chi connectivity index (χ3n) is 0.907. The summed E-state index contributed by atoms with van der Waals surface area (Å²) >= 11 is 40.2. The van der Waals surface area contributed by atoms with Crippen molar-refractivity contribution in [1.82, 2.24) is 0 Å². The standard InChI is InChI=1S/CH3Cl7Si3/c1-9(2,3)11(7,8)10(4,5)6/h1H3. The first-order chi connectivity index (χ1) is 4.50. The molecule has 0 atom stereocenters. The van der Waals surface area contributed by atoms with Gasteiger partial charge in [-0.05, 0) is 6.55 Å². The molecule has 0 spiro atoms. The Bertz CT molecular complexity index is 125. The molecule has 0 aromatic carbocycles. The summed E-state index contributed by atoms with van der Waals surface area (Å²) in [5, 5.41) is 0. The van der Waals surface area contributed by atoms with Crippen molar-refractivity contribution in [3.63, 3.8) is 0 Å². The Hall–Kier alpha value is 2.68. The SMILES string of the molecule is C[Si](Cl)(Cl)[Si](Cl)(Cl)[Si](Cl)(Cl)Cl. The lowest BCUT2D eigenvalue weighted by atomic mass is 11.9. The Kier molecular flexibility index (Phi) is 5.03. The maximum atomic E-state index is 5.86. The van der Waals surface area contributed by atoms with E-state index in [9.17, 15) is 0 Å². The topological polar surface area (TPSA) is 0 Å². The lowest BCUT2D eigenvalue weighted by Gasteiger charge is -2.28. The molecule has 0 unspecified atom stereocenters.